The van der Waals surface area contributed by atoms with Gasteiger partial charge in [0.2, 0.25) is 0 Å². The zero-order valence-corrected chi connectivity index (χ0v) is 8.21. The minimum atomic E-state index is -0.573. The van der Waals surface area contributed by atoms with Gasteiger partial charge in [0.25, 0.3) is 0 Å². The first-order valence-corrected chi connectivity index (χ1v) is 2.77. The first-order chi connectivity index (χ1) is 3.71. The number of hydrogen-bond acceptors (Lipinski definition) is 2. The maximum absolute atomic E-state index is 10.8. The number of hydrogen-bond donors (Lipinski definition) is 1. The quantitative estimate of drug-likeness (QED) is 0.236. The van der Waals surface area contributed by atoms with Gasteiger partial charge in [-0.3, -0.25) is 4.05 Å². The summed E-state index contributed by atoms with van der Waals surface area (Å²) in [6.45, 7) is 0.430. The predicted octanol–water partition coefficient (Wildman–Crippen LogP) is 0.848. The summed E-state index contributed by atoms with van der Waals surface area (Å²) in [6.07, 6.45) is 6.82. The number of quaternary nitrogens is 1. The summed E-state index contributed by atoms with van der Waals surface area (Å²) >= 11 is 3.76. The minimum absolute atomic E-state index is 0. The van der Waals surface area contributed by atoms with Gasteiger partial charge in [0.1, 0.15) is 12.7 Å². The molecule has 0 amide bonds. The molecule has 1 radical (unpaired) electrons. The van der Waals surface area contributed by atoms with Crippen molar-refractivity contribution in [3.8, 4) is 0 Å². The third-order valence-electron chi connectivity index (χ3n) is 0.933. The van der Waals surface area contributed by atoms with Gasteiger partial charge < -0.3 is 5.21 Å². The third-order valence-corrected chi connectivity index (χ3v) is 1.23. The topological polar surface area (TPSA) is 23.1 Å². The number of hydroxylamine groups is 2. The zero-order valence-electron chi connectivity index (χ0n) is 5.32. The van der Waals surface area contributed by atoms with Crippen molar-refractivity contribution in [1.82, 2.24) is 0 Å². The number of nitrogens with zero attached hydrogens (tertiary/aromatic N) is 1. The predicted molar refractivity (Wildman–Crippen MR) is 41.5 cm³/mol. The summed E-state index contributed by atoms with van der Waals surface area (Å²) in [7, 11) is 0. The fourth-order valence-electron chi connectivity index (χ4n) is 0.535. The minimum Gasteiger partial charge on any atom is -0.615 e. The fourth-order valence-corrected chi connectivity index (χ4v) is 0.707. The van der Waals surface area contributed by atoms with E-state index in [9.17, 15) is 5.21 Å². The Balaban J connectivity index is 0.000000640. The van der Waals surface area contributed by atoms with Gasteiger partial charge in [-0.2, -0.15) is 0 Å². The maximum atomic E-state index is 10.8. The number of allylic oxidation sites excluding steroid dienone is 2. The maximum Gasteiger partial charge on any atom is 0.112 e. The molecule has 9 heavy (non-hydrogen) atoms. The molecule has 0 aliphatic carbocycles. The Morgan fingerprint density at radius 1 is 1.44 bits per heavy atom. The molecule has 2 nitrogen and oxygen atoms in total. The smallest absolute Gasteiger partial charge is 0.112 e. The van der Waals surface area contributed by atoms with E-state index in [1.54, 1.807) is 12.2 Å². The van der Waals surface area contributed by atoms with Crippen molar-refractivity contribution in [2.45, 2.75) is 0 Å². The van der Waals surface area contributed by atoms with Crippen LogP contribution < -0.4 is 0 Å². The van der Waals surface area contributed by atoms with Crippen molar-refractivity contribution >= 4 is 42.4 Å². The van der Waals surface area contributed by atoms with E-state index in [1.807, 2.05) is 6.08 Å². The van der Waals surface area contributed by atoms with Crippen LogP contribution in [-0.2, 0) is 0 Å². The van der Waals surface area contributed by atoms with Crippen molar-refractivity contribution in [3.63, 3.8) is 0 Å². The number of thiol groups is 1. The molecule has 0 bridgehead atoms. The molecular weight excluding hydrogens is 145 g/mol. The van der Waals surface area contributed by atoms with Crippen LogP contribution in [-0.4, -0.2) is 40.2 Å². The van der Waals surface area contributed by atoms with Crippen LogP contribution >= 0.6 is 12.8 Å². The van der Waals surface area contributed by atoms with Crippen LogP contribution in [0, 0.1) is 5.21 Å². The Bertz CT molecular complexity index is 144. The van der Waals surface area contributed by atoms with Crippen molar-refractivity contribution in [1.29, 1.82) is 0 Å². The Morgan fingerprint density at radius 2 is 2.11 bits per heavy atom. The van der Waals surface area contributed by atoms with Crippen LogP contribution in [0.5, 0.6) is 0 Å². The van der Waals surface area contributed by atoms with Crippen molar-refractivity contribution < 1.29 is 4.05 Å². The molecule has 1 aliphatic heterocycles. The van der Waals surface area contributed by atoms with E-state index >= 15 is 0 Å². The second kappa shape index (κ2) is 3.81. The van der Waals surface area contributed by atoms with E-state index < -0.39 is 4.05 Å². The van der Waals surface area contributed by atoms with Crippen LogP contribution in [0.3, 0.4) is 0 Å². The summed E-state index contributed by atoms with van der Waals surface area (Å²) in [5, 5.41) is 10.8. The van der Waals surface area contributed by atoms with Gasteiger partial charge in [-0.05, 0) is 12.2 Å². The fraction of sp³-hybridized carbons (Fsp3) is 0.200. The van der Waals surface area contributed by atoms with Gasteiger partial charge in [0.15, 0.2) is 0 Å². The van der Waals surface area contributed by atoms with Gasteiger partial charge >= 0.3 is 0 Å². The Hall–Kier alpha value is 0.750. The van der Waals surface area contributed by atoms with Crippen molar-refractivity contribution in [2.24, 2.45) is 0 Å². The molecule has 0 saturated carbocycles. The molecule has 45 valence electrons. The number of rotatable bonds is 0. The molecule has 0 fully saturated rings. The monoisotopic (exact) mass is 152 g/mol. The Labute approximate surface area is 82.2 Å². The molecule has 1 rings (SSSR count). The molecule has 0 aromatic heterocycles. The first-order valence-electron chi connectivity index (χ1n) is 2.37. The first kappa shape index (κ1) is 9.75. The molecule has 1 unspecified atom stereocenters. The molecule has 0 aromatic rings. The standard InChI is InChI=1S/C5H7NOS.Na/c7-6(8)4-2-1-3-5-6;/h1-4,8H,5H2;. The normalized spacial score (nSPS) is 31.8. The largest absolute Gasteiger partial charge is 0.615 e. The van der Waals surface area contributed by atoms with E-state index in [0.717, 1.165) is 0 Å². The van der Waals surface area contributed by atoms with E-state index in [2.05, 4.69) is 12.8 Å². The van der Waals surface area contributed by atoms with Crippen LogP contribution in [0.25, 0.3) is 0 Å². The van der Waals surface area contributed by atoms with Gasteiger partial charge in [-0.15, -0.1) is 0 Å². The molecule has 1 atom stereocenters. The Kier molecular flexibility index (Phi) is 4.12. The third kappa shape index (κ3) is 3.45. The van der Waals surface area contributed by atoms with Crippen LogP contribution in [0.2, 0.25) is 0 Å². The van der Waals surface area contributed by atoms with Crippen LogP contribution in [0.4, 0.5) is 0 Å². The summed E-state index contributed by atoms with van der Waals surface area (Å²) in [5.74, 6) is 0. The molecule has 0 spiro atoms. The molecule has 1 aliphatic rings. The van der Waals surface area contributed by atoms with E-state index in [4.69, 9.17) is 0 Å². The van der Waals surface area contributed by atoms with Crippen molar-refractivity contribution in [2.75, 3.05) is 6.54 Å². The summed E-state index contributed by atoms with van der Waals surface area (Å²) < 4.78 is -0.573. The zero-order chi connectivity index (χ0) is 6.04. The average molecular weight is 152 g/mol. The van der Waals surface area contributed by atoms with Gasteiger partial charge in [-0.1, -0.05) is 6.08 Å². The Morgan fingerprint density at radius 3 is 2.33 bits per heavy atom. The van der Waals surface area contributed by atoms with E-state index in [-0.39, 0.29) is 29.6 Å². The molecule has 0 N–H and O–H groups in total. The van der Waals surface area contributed by atoms with E-state index in [0.29, 0.717) is 6.54 Å². The van der Waals surface area contributed by atoms with Crippen LogP contribution in [0.15, 0.2) is 24.4 Å². The molecule has 4 heteroatoms. The molecule has 0 aromatic carbocycles. The van der Waals surface area contributed by atoms with Gasteiger partial charge in [-0.25, -0.2) is 0 Å². The summed E-state index contributed by atoms with van der Waals surface area (Å²) in [4.78, 5) is 0. The van der Waals surface area contributed by atoms with E-state index in [1.165, 1.54) is 6.20 Å². The van der Waals surface area contributed by atoms with Crippen LogP contribution in [0.1, 0.15) is 0 Å². The van der Waals surface area contributed by atoms with Gasteiger partial charge in [0, 0.05) is 29.6 Å². The van der Waals surface area contributed by atoms with Crippen molar-refractivity contribution in [3.05, 3.63) is 29.6 Å². The molecular formula is C5H7NNaOS. The second-order valence-corrected chi connectivity index (χ2v) is 2.38. The molecule has 1 heterocycles. The SMILES string of the molecule is [Na].[O-][N+]1(S)C=CC=CC1. The summed E-state index contributed by atoms with van der Waals surface area (Å²) in [5.41, 5.74) is 0. The average Bonchev–Trinajstić information content (AvgIpc) is 1.65. The van der Waals surface area contributed by atoms with Gasteiger partial charge in [0.05, 0.1) is 12.8 Å². The summed E-state index contributed by atoms with van der Waals surface area (Å²) in [6, 6.07) is 0. The second-order valence-electron chi connectivity index (χ2n) is 1.71. The molecule has 0 saturated heterocycles.